The SMILES string of the molecule is Cc1oc2cc(OC(=O)[C@H](CC(C)C)NC(=O)OC(C)(C)C)ccc2c(=O)c1-c1ccc([N+](=O)[O-])cc1. The molecule has 10 heteroatoms. The molecule has 0 saturated carbocycles. The third kappa shape index (κ3) is 6.93. The van der Waals surface area contributed by atoms with Crippen LogP contribution in [0.25, 0.3) is 22.1 Å². The van der Waals surface area contributed by atoms with Gasteiger partial charge in [-0.15, -0.1) is 0 Å². The molecule has 1 atom stereocenters. The molecule has 0 radical (unpaired) electrons. The van der Waals surface area contributed by atoms with Gasteiger partial charge >= 0.3 is 12.1 Å². The Morgan fingerprint density at radius 2 is 1.76 bits per heavy atom. The van der Waals surface area contributed by atoms with Gasteiger partial charge in [0.15, 0.2) is 0 Å². The van der Waals surface area contributed by atoms with Gasteiger partial charge in [-0.1, -0.05) is 13.8 Å². The molecule has 196 valence electrons. The van der Waals surface area contributed by atoms with Gasteiger partial charge in [-0.3, -0.25) is 14.9 Å². The van der Waals surface area contributed by atoms with Gasteiger partial charge < -0.3 is 19.2 Å². The molecule has 1 N–H and O–H groups in total. The molecule has 0 saturated heterocycles. The lowest BCUT2D eigenvalue weighted by atomic mass is 10.0. The molecular formula is C27H30N2O8. The Hall–Kier alpha value is -4.21. The number of esters is 1. The van der Waals surface area contributed by atoms with Crippen LogP contribution in [0.1, 0.15) is 46.8 Å². The fraction of sp³-hybridized carbons (Fsp3) is 0.370. The van der Waals surface area contributed by atoms with Crippen LogP contribution in [0.5, 0.6) is 5.75 Å². The number of nitrogens with one attached hydrogen (secondary N) is 1. The summed E-state index contributed by atoms with van der Waals surface area (Å²) in [6.07, 6.45) is -0.396. The topological polar surface area (TPSA) is 138 Å². The van der Waals surface area contributed by atoms with E-state index >= 15 is 0 Å². The quantitative estimate of drug-likeness (QED) is 0.190. The first-order valence-corrected chi connectivity index (χ1v) is 11.8. The largest absolute Gasteiger partial charge is 0.460 e. The van der Waals surface area contributed by atoms with E-state index < -0.39 is 28.6 Å². The van der Waals surface area contributed by atoms with Gasteiger partial charge in [0, 0.05) is 18.2 Å². The third-order valence-electron chi connectivity index (χ3n) is 5.31. The number of alkyl carbamates (subject to hydrolysis) is 1. The number of carbonyl (C=O) groups is 2. The molecule has 0 spiro atoms. The van der Waals surface area contributed by atoms with Crippen LogP contribution in [0.2, 0.25) is 0 Å². The average Bonchev–Trinajstić information content (AvgIpc) is 2.77. The number of aryl methyl sites for hydroxylation is 1. The lowest BCUT2D eigenvalue weighted by Gasteiger charge is -2.23. The van der Waals surface area contributed by atoms with Crippen molar-refractivity contribution in [3.63, 3.8) is 0 Å². The minimum atomic E-state index is -0.941. The van der Waals surface area contributed by atoms with Crippen LogP contribution in [-0.2, 0) is 9.53 Å². The number of benzene rings is 2. The first-order valence-electron chi connectivity index (χ1n) is 11.8. The molecule has 1 heterocycles. The van der Waals surface area contributed by atoms with Crippen molar-refractivity contribution >= 4 is 28.7 Å². The molecule has 1 aromatic heterocycles. The van der Waals surface area contributed by atoms with Crippen molar-refractivity contribution < 1.29 is 28.4 Å². The average molecular weight is 511 g/mol. The third-order valence-corrected chi connectivity index (χ3v) is 5.31. The van der Waals surface area contributed by atoms with Gasteiger partial charge in [-0.05, 0) is 69.9 Å². The van der Waals surface area contributed by atoms with Crippen molar-refractivity contribution in [3.8, 4) is 16.9 Å². The second kappa shape index (κ2) is 10.8. The predicted molar refractivity (Wildman–Crippen MR) is 138 cm³/mol. The summed E-state index contributed by atoms with van der Waals surface area (Å²) in [5, 5.41) is 13.7. The maximum absolute atomic E-state index is 13.2. The Balaban J connectivity index is 1.87. The number of nitro benzene ring substituents is 1. The number of hydrogen-bond acceptors (Lipinski definition) is 8. The summed E-state index contributed by atoms with van der Waals surface area (Å²) in [6.45, 7) is 10.6. The highest BCUT2D eigenvalue weighted by atomic mass is 16.6. The smallest absolute Gasteiger partial charge is 0.408 e. The van der Waals surface area contributed by atoms with Crippen molar-refractivity contribution in [2.75, 3.05) is 0 Å². The Bertz CT molecular complexity index is 1380. The monoisotopic (exact) mass is 510 g/mol. The van der Waals surface area contributed by atoms with E-state index in [4.69, 9.17) is 13.9 Å². The molecule has 0 bridgehead atoms. The summed E-state index contributed by atoms with van der Waals surface area (Å²) in [7, 11) is 0. The lowest BCUT2D eigenvalue weighted by molar-refractivity contribution is -0.384. The van der Waals surface area contributed by atoms with Crippen LogP contribution in [0, 0.1) is 23.0 Å². The number of hydrogen-bond donors (Lipinski definition) is 1. The molecule has 3 aromatic rings. The van der Waals surface area contributed by atoms with Crippen LogP contribution in [0.3, 0.4) is 0 Å². The zero-order valence-electron chi connectivity index (χ0n) is 21.6. The lowest BCUT2D eigenvalue weighted by Crippen LogP contribution is -2.45. The van der Waals surface area contributed by atoms with Crippen molar-refractivity contribution in [2.45, 2.75) is 59.6 Å². The van der Waals surface area contributed by atoms with Crippen molar-refractivity contribution in [1.29, 1.82) is 0 Å². The number of non-ortho nitro benzene ring substituents is 1. The minimum Gasteiger partial charge on any atom is -0.460 e. The van der Waals surface area contributed by atoms with E-state index in [0.717, 1.165) is 0 Å². The molecule has 37 heavy (non-hydrogen) atoms. The molecule has 3 rings (SSSR count). The highest BCUT2D eigenvalue weighted by Gasteiger charge is 2.27. The zero-order chi connectivity index (χ0) is 27.5. The fourth-order valence-electron chi connectivity index (χ4n) is 3.76. The summed E-state index contributed by atoms with van der Waals surface area (Å²) >= 11 is 0. The van der Waals surface area contributed by atoms with Gasteiger partial charge in [0.25, 0.3) is 5.69 Å². The number of nitrogens with zero attached hydrogens (tertiary/aromatic N) is 1. The Kier molecular flexibility index (Phi) is 8.00. The summed E-state index contributed by atoms with van der Waals surface area (Å²) in [4.78, 5) is 48.8. The van der Waals surface area contributed by atoms with Crippen LogP contribution in [0.15, 0.2) is 51.7 Å². The van der Waals surface area contributed by atoms with Crippen LogP contribution < -0.4 is 15.5 Å². The first kappa shape index (κ1) is 27.4. The van der Waals surface area contributed by atoms with E-state index in [1.54, 1.807) is 27.7 Å². The number of amides is 1. The first-order chi connectivity index (χ1) is 17.2. The second-order valence-corrected chi connectivity index (χ2v) is 10.1. The summed E-state index contributed by atoms with van der Waals surface area (Å²) in [6, 6.07) is 9.06. The fourth-order valence-corrected chi connectivity index (χ4v) is 3.76. The Labute approximate surface area is 213 Å². The van der Waals surface area contributed by atoms with E-state index in [9.17, 15) is 24.5 Å². The zero-order valence-corrected chi connectivity index (χ0v) is 21.6. The summed E-state index contributed by atoms with van der Waals surface area (Å²) < 4.78 is 16.6. The highest BCUT2D eigenvalue weighted by Crippen LogP contribution is 2.28. The number of fused-ring (bicyclic) bond motifs is 1. The van der Waals surface area contributed by atoms with Gasteiger partial charge in [0.2, 0.25) is 5.43 Å². The molecule has 0 aliphatic rings. The van der Waals surface area contributed by atoms with Gasteiger partial charge in [0.1, 0.15) is 28.7 Å². The van der Waals surface area contributed by atoms with E-state index in [0.29, 0.717) is 17.7 Å². The number of rotatable bonds is 7. The molecule has 0 fully saturated rings. The molecule has 0 unspecified atom stereocenters. The molecule has 10 nitrogen and oxygen atoms in total. The van der Waals surface area contributed by atoms with Crippen LogP contribution in [-0.4, -0.2) is 28.6 Å². The van der Waals surface area contributed by atoms with Gasteiger partial charge in [-0.25, -0.2) is 9.59 Å². The molecule has 2 aromatic carbocycles. The van der Waals surface area contributed by atoms with Crippen LogP contribution in [0.4, 0.5) is 10.5 Å². The molecule has 1 amide bonds. The van der Waals surface area contributed by atoms with E-state index in [1.165, 1.54) is 42.5 Å². The normalized spacial score (nSPS) is 12.3. The molecular weight excluding hydrogens is 480 g/mol. The second-order valence-electron chi connectivity index (χ2n) is 10.1. The predicted octanol–water partition coefficient (Wildman–Crippen LogP) is 5.52. The summed E-state index contributed by atoms with van der Waals surface area (Å²) in [5.41, 5.74) is -0.161. The number of nitro groups is 1. The number of ether oxygens (including phenoxy) is 2. The van der Waals surface area contributed by atoms with Gasteiger partial charge in [0.05, 0.1) is 15.9 Å². The van der Waals surface area contributed by atoms with E-state index in [-0.39, 0.29) is 39.3 Å². The summed E-state index contributed by atoms with van der Waals surface area (Å²) in [5.74, 6) is -0.148. The molecule has 0 aliphatic heterocycles. The maximum atomic E-state index is 13.2. The van der Waals surface area contributed by atoms with Crippen molar-refractivity contribution in [1.82, 2.24) is 5.32 Å². The Morgan fingerprint density at radius 3 is 2.32 bits per heavy atom. The van der Waals surface area contributed by atoms with Crippen molar-refractivity contribution in [2.24, 2.45) is 5.92 Å². The number of carbonyl (C=O) groups excluding carboxylic acids is 2. The highest BCUT2D eigenvalue weighted by molar-refractivity contribution is 5.86. The maximum Gasteiger partial charge on any atom is 0.408 e. The van der Waals surface area contributed by atoms with Crippen molar-refractivity contribution in [3.05, 3.63) is 68.6 Å². The minimum absolute atomic E-state index is 0.0857. The van der Waals surface area contributed by atoms with Crippen LogP contribution >= 0.6 is 0 Å². The Morgan fingerprint density at radius 1 is 1.11 bits per heavy atom. The molecule has 0 aliphatic carbocycles. The van der Waals surface area contributed by atoms with E-state index in [2.05, 4.69) is 5.32 Å². The van der Waals surface area contributed by atoms with E-state index in [1.807, 2.05) is 13.8 Å². The van der Waals surface area contributed by atoms with Gasteiger partial charge in [-0.2, -0.15) is 0 Å². The standard InChI is InChI=1S/C27H30N2O8/c1-15(2)13-21(28-26(32)37-27(4,5)6)25(31)36-19-11-12-20-22(14-19)35-16(3)23(24(20)30)17-7-9-18(10-8-17)29(33)34/h7-12,14-15,21H,13H2,1-6H3,(H,28,32)/t21-/m0/s1.